The number of imide groups is 1. The smallest absolute Gasteiger partial charge is 0.267 e. The molecule has 55 heavy (non-hydrogen) atoms. The summed E-state index contributed by atoms with van der Waals surface area (Å²) in [6.07, 6.45) is 0.652. The molecule has 0 atom stereocenters. The van der Waals surface area contributed by atoms with E-state index in [1.54, 1.807) is 0 Å². The van der Waals surface area contributed by atoms with E-state index < -0.39 is 5.91 Å². The second-order valence-corrected chi connectivity index (χ2v) is 13.7. The minimum absolute atomic E-state index is 0.401. The maximum absolute atomic E-state index is 15.2. The van der Waals surface area contributed by atoms with Gasteiger partial charge in [0.15, 0.2) is 0 Å². The molecule has 4 nitrogen and oxygen atoms in total. The lowest BCUT2D eigenvalue weighted by molar-refractivity contribution is -0.106. The molecule has 0 fully saturated rings. The number of carbonyl (C=O) groups excluding carboxylic acids is 2. The van der Waals surface area contributed by atoms with Gasteiger partial charge in [0.1, 0.15) is 0 Å². The Morgan fingerprint density at radius 2 is 0.982 bits per heavy atom. The number of fused-ring (bicyclic) bond motifs is 3. The van der Waals surface area contributed by atoms with Gasteiger partial charge in [-0.2, -0.15) is 0 Å². The average molecular weight is 709 g/mol. The van der Waals surface area contributed by atoms with Crippen LogP contribution in [0, 0.1) is 6.92 Å². The van der Waals surface area contributed by atoms with Crippen LogP contribution in [0.4, 0.5) is 5.69 Å². The SMILES string of the molecule is Cc1cccc(-n2c3ccc(-c4ccccc4)cc3c3cc(-c4ccccc4)ccc32)c1C(=O)N(C=O)c1cccc(-c2ccccc2)c1-c1ccccc1. The maximum atomic E-state index is 15.2. The van der Waals surface area contributed by atoms with Crippen molar-refractivity contribution < 1.29 is 9.59 Å². The summed E-state index contributed by atoms with van der Waals surface area (Å²) in [4.78, 5) is 29.8. The van der Waals surface area contributed by atoms with E-state index in [1.165, 1.54) is 4.90 Å². The van der Waals surface area contributed by atoms with Gasteiger partial charge in [-0.15, -0.1) is 0 Å². The maximum Gasteiger partial charge on any atom is 0.267 e. The first-order valence-electron chi connectivity index (χ1n) is 18.4. The molecule has 0 aliphatic rings. The third kappa shape index (κ3) is 6.00. The highest BCUT2D eigenvalue weighted by Gasteiger charge is 2.28. The van der Waals surface area contributed by atoms with Crippen molar-refractivity contribution in [1.82, 2.24) is 4.57 Å². The molecule has 0 N–H and O–H groups in total. The molecule has 2 amide bonds. The number of anilines is 1. The number of amides is 2. The summed E-state index contributed by atoms with van der Waals surface area (Å²) in [5.41, 5.74) is 12.5. The van der Waals surface area contributed by atoms with Gasteiger partial charge >= 0.3 is 0 Å². The summed E-state index contributed by atoms with van der Waals surface area (Å²) >= 11 is 0. The summed E-state index contributed by atoms with van der Waals surface area (Å²) < 4.78 is 2.18. The van der Waals surface area contributed by atoms with E-state index in [1.807, 2.05) is 116 Å². The van der Waals surface area contributed by atoms with Crippen molar-refractivity contribution in [2.45, 2.75) is 6.92 Å². The summed E-state index contributed by atoms with van der Waals surface area (Å²) in [6.45, 7) is 1.94. The van der Waals surface area contributed by atoms with Gasteiger partial charge in [-0.3, -0.25) is 9.59 Å². The molecule has 9 aromatic rings. The minimum Gasteiger partial charge on any atom is -0.308 e. The molecule has 0 saturated heterocycles. The van der Waals surface area contributed by atoms with Crippen LogP contribution < -0.4 is 4.90 Å². The first kappa shape index (κ1) is 33.5. The Bertz CT molecular complexity index is 2750. The van der Waals surface area contributed by atoms with Crippen LogP contribution in [0.25, 0.3) is 72.0 Å². The Labute approximate surface area is 320 Å². The number of carbonyl (C=O) groups is 2. The van der Waals surface area contributed by atoms with Crippen LogP contribution in [0.2, 0.25) is 0 Å². The largest absolute Gasteiger partial charge is 0.308 e. The Morgan fingerprint density at radius 1 is 0.491 bits per heavy atom. The molecule has 0 unspecified atom stereocenters. The van der Waals surface area contributed by atoms with Gasteiger partial charge in [0.05, 0.1) is 28.0 Å². The molecule has 0 radical (unpaired) electrons. The molecule has 0 aliphatic carbocycles. The molecule has 9 rings (SSSR count). The van der Waals surface area contributed by atoms with Gasteiger partial charge in [-0.05, 0) is 87.8 Å². The second-order valence-electron chi connectivity index (χ2n) is 13.7. The molecule has 1 heterocycles. The second kappa shape index (κ2) is 14.3. The summed E-state index contributed by atoms with van der Waals surface area (Å²) in [6, 6.07) is 65.5. The standard InChI is InChI=1S/C51H36N2O2/c1-35-16-14-27-48(49(35)51(55)52(34-54)47-26-15-25-42(38-21-10-4-11-22-38)50(47)39-23-12-5-13-24-39)53-45-30-28-40(36-17-6-2-7-18-36)32-43(45)44-33-41(29-31-46(44)53)37-19-8-3-9-20-37/h2-34H,1H3. The first-order chi connectivity index (χ1) is 27.1. The fraction of sp³-hybridized carbons (Fsp3) is 0.0196. The van der Waals surface area contributed by atoms with Crippen molar-refractivity contribution in [3.8, 4) is 50.2 Å². The number of benzene rings is 8. The molecule has 1 aromatic heterocycles. The summed E-state index contributed by atoms with van der Waals surface area (Å²) in [5, 5.41) is 2.14. The highest BCUT2D eigenvalue weighted by molar-refractivity contribution is 6.21. The molecule has 8 aromatic carbocycles. The first-order valence-corrected chi connectivity index (χ1v) is 18.4. The highest BCUT2D eigenvalue weighted by Crippen LogP contribution is 2.42. The minimum atomic E-state index is -0.401. The number of nitrogens with zero attached hydrogens (tertiary/aromatic N) is 2. The number of hydrogen-bond acceptors (Lipinski definition) is 2. The fourth-order valence-corrected chi connectivity index (χ4v) is 7.86. The van der Waals surface area contributed by atoms with Crippen molar-refractivity contribution in [2.24, 2.45) is 0 Å². The Balaban J connectivity index is 1.26. The van der Waals surface area contributed by atoms with Crippen LogP contribution >= 0.6 is 0 Å². The van der Waals surface area contributed by atoms with Gasteiger partial charge in [-0.25, -0.2) is 4.90 Å². The molecule has 0 aliphatic heterocycles. The Hall–Kier alpha value is -7.30. The number of aromatic nitrogens is 1. The van der Waals surface area contributed by atoms with Crippen molar-refractivity contribution in [3.05, 3.63) is 205 Å². The van der Waals surface area contributed by atoms with Gasteiger partial charge in [0.25, 0.3) is 5.91 Å². The van der Waals surface area contributed by atoms with E-state index in [0.717, 1.165) is 71.9 Å². The van der Waals surface area contributed by atoms with E-state index in [0.29, 0.717) is 23.3 Å². The van der Waals surface area contributed by atoms with Gasteiger partial charge in [0.2, 0.25) is 6.41 Å². The lowest BCUT2D eigenvalue weighted by Gasteiger charge is -2.24. The molecule has 0 spiro atoms. The van der Waals surface area contributed by atoms with Gasteiger partial charge in [0, 0.05) is 16.3 Å². The molecular formula is C51H36N2O2. The van der Waals surface area contributed by atoms with Crippen LogP contribution in [-0.4, -0.2) is 16.9 Å². The zero-order valence-corrected chi connectivity index (χ0v) is 30.3. The van der Waals surface area contributed by atoms with E-state index in [4.69, 9.17) is 0 Å². The van der Waals surface area contributed by atoms with Crippen molar-refractivity contribution in [1.29, 1.82) is 0 Å². The van der Waals surface area contributed by atoms with Crippen LogP contribution in [0.1, 0.15) is 15.9 Å². The van der Waals surface area contributed by atoms with Crippen LogP contribution in [0.3, 0.4) is 0 Å². The van der Waals surface area contributed by atoms with Gasteiger partial charge in [-0.1, -0.05) is 158 Å². The van der Waals surface area contributed by atoms with Crippen LogP contribution in [0.15, 0.2) is 194 Å². The normalized spacial score (nSPS) is 11.1. The quantitative estimate of drug-likeness (QED) is 0.148. The van der Waals surface area contributed by atoms with E-state index in [9.17, 15) is 4.79 Å². The number of aryl methyl sites for hydroxylation is 1. The predicted molar refractivity (Wildman–Crippen MR) is 227 cm³/mol. The van der Waals surface area contributed by atoms with Crippen LogP contribution in [0.5, 0.6) is 0 Å². The van der Waals surface area contributed by atoms with Crippen LogP contribution in [-0.2, 0) is 4.79 Å². The lowest BCUT2D eigenvalue weighted by Crippen LogP contribution is -2.31. The highest BCUT2D eigenvalue weighted by atomic mass is 16.2. The van der Waals surface area contributed by atoms with Gasteiger partial charge < -0.3 is 4.57 Å². The lowest BCUT2D eigenvalue weighted by atomic mass is 9.92. The molecule has 0 saturated carbocycles. The third-order valence-electron chi connectivity index (χ3n) is 10.5. The zero-order valence-electron chi connectivity index (χ0n) is 30.3. The fourth-order valence-electron chi connectivity index (χ4n) is 7.86. The monoisotopic (exact) mass is 708 g/mol. The number of rotatable bonds is 8. The zero-order chi connectivity index (χ0) is 37.3. The predicted octanol–water partition coefficient (Wildman–Crippen LogP) is 12.6. The summed E-state index contributed by atoms with van der Waals surface area (Å²) in [7, 11) is 0. The Kier molecular flexibility index (Phi) is 8.69. The summed E-state index contributed by atoms with van der Waals surface area (Å²) in [5.74, 6) is -0.401. The average Bonchev–Trinajstić information content (AvgIpc) is 3.58. The van der Waals surface area contributed by atoms with Crippen molar-refractivity contribution in [3.63, 3.8) is 0 Å². The topological polar surface area (TPSA) is 42.3 Å². The van der Waals surface area contributed by atoms with E-state index in [2.05, 4.69) is 89.5 Å². The number of hydrogen-bond donors (Lipinski definition) is 0. The Morgan fingerprint density at radius 3 is 1.51 bits per heavy atom. The van der Waals surface area contributed by atoms with E-state index in [-0.39, 0.29) is 0 Å². The van der Waals surface area contributed by atoms with Crippen molar-refractivity contribution >= 4 is 39.8 Å². The van der Waals surface area contributed by atoms with Crippen molar-refractivity contribution in [2.75, 3.05) is 4.90 Å². The molecular weight excluding hydrogens is 673 g/mol. The molecule has 4 heteroatoms. The van der Waals surface area contributed by atoms with E-state index >= 15 is 4.79 Å². The molecule has 0 bridgehead atoms. The third-order valence-corrected chi connectivity index (χ3v) is 10.5. The molecule has 262 valence electrons.